The van der Waals surface area contributed by atoms with Crippen LogP contribution in [0.1, 0.15) is 27.2 Å². The normalized spacial score (nSPS) is 11.0. The van der Waals surface area contributed by atoms with Crippen LogP contribution in [0.15, 0.2) is 58.1 Å². The minimum Gasteiger partial charge on any atom is -0.272 e. The van der Waals surface area contributed by atoms with E-state index >= 15 is 0 Å². The fourth-order valence-corrected chi connectivity index (χ4v) is 2.53. The maximum absolute atomic E-state index is 12.2. The Labute approximate surface area is 154 Å². The molecule has 0 spiro atoms. The molecule has 0 fully saturated rings. The second kappa shape index (κ2) is 7.44. The van der Waals surface area contributed by atoms with E-state index in [4.69, 9.17) is 0 Å². The molecule has 126 valence electrons. The first-order valence-corrected chi connectivity index (χ1v) is 8.54. The molecular weight excluding hydrogens is 380 g/mol. The van der Waals surface area contributed by atoms with E-state index in [0.717, 1.165) is 21.3 Å². The summed E-state index contributed by atoms with van der Waals surface area (Å²) in [5.41, 5.74) is 7.85. The van der Waals surface area contributed by atoms with Gasteiger partial charge in [-0.2, -0.15) is 10.2 Å². The Balaban J connectivity index is 1.68. The van der Waals surface area contributed by atoms with Crippen LogP contribution in [-0.4, -0.2) is 22.3 Å². The fraction of sp³-hybridized carbons (Fsp3) is 0.105. The van der Waals surface area contributed by atoms with Crippen molar-refractivity contribution in [2.75, 3.05) is 0 Å². The van der Waals surface area contributed by atoms with Crippen molar-refractivity contribution in [3.05, 3.63) is 75.4 Å². The third-order valence-electron chi connectivity index (χ3n) is 3.87. The van der Waals surface area contributed by atoms with Gasteiger partial charge in [0.25, 0.3) is 5.91 Å². The highest BCUT2D eigenvalue weighted by Crippen LogP contribution is 2.20. The number of benzene rings is 2. The average molecular weight is 397 g/mol. The molecule has 5 nitrogen and oxygen atoms in total. The molecule has 1 heterocycles. The molecule has 0 saturated carbocycles. The largest absolute Gasteiger partial charge is 0.289 e. The van der Waals surface area contributed by atoms with Gasteiger partial charge in [0.1, 0.15) is 5.69 Å². The zero-order valence-corrected chi connectivity index (χ0v) is 15.5. The van der Waals surface area contributed by atoms with Gasteiger partial charge in [-0.1, -0.05) is 40.2 Å². The lowest BCUT2D eigenvalue weighted by Crippen LogP contribution is -2.17. The molecule has 0 atom stereocenters. The molecule has 25 heavy (non-hydrogen) atoms. The molecule has 6 heteroatoms. The zero-order valence-electron chi connectivity index (χ0n) is 13.9. The van der Waals surface area contributed by atoms with Gasteiger partial charge >= 0.3 is 0 Å². The van der Waals surface area contributed by atoms with E-state index in [9.17, 15) is 4.79 Å². The molecule has 3 aromatic rings. The summed E-state index contributed by atoms with van der Waals surface area (Å²) in [4.78, 5) is 12.2. The van der Waals surface area contributed by atoms with Gasteiger partial charge in [-0.25, -0.2) is 5.43 Å². The lowest BCUT2D eigenvalue weighted by atomic mass is 10.0. The van der Waals surface area contributed by atoms with E-state index < -0.39 is 0 Å². The molecule has 1 aromatic heterocycles. The highest BCUT2D eigenvalue weighted by Gasteiger charge is 2.10. The van der Waals surface area contributed by atoms with E-state index in [1.54, 1.807) is 12.3 Å². The molecule has 3 rings (SSSR count). The second-order valence-electron chi connectivity index (χ2n) is 5.72. The number of aryl methyl sites for hydroxylation is 2. The highest BCUT2D eigenvalue weighted by molar-refractivity contribution is 9.10. The molecule has 0 unspecified atom stereocenters. The number of aromatic nitrogens is 2. The van der Waals surface area contributed by atoms with Crippen molar-refractivity contribution in [3.63, 3.8) is 0 Å². The summed E-state index contributed by atoms with van der Waals surface area (Å²) >= 11 is 3.37. The Bertz CT molecular complexity index is 929. The van der Waals surface area contributed by atoms with Gasteiger partial charge in [0.05, 0.1) is 11.9 Å². The summed E-state index contributed by atoms with van der Waals surface area (Å²) in [5, 5.41) is 10.9. The first-order chi connectivity index (χ1) is 12.0. The van der Waals surface area contributed by atoms with Crippen molar-refractivity contribution in [3.8, 4) is 11.3 Å². The molecule has 0 aliphatic heterocycles. The number of hydrogen-bond acceptors (Lipinski definition) is 3. The number of hydrogen-bond donors (Lipinski definition) is 2. The second-order valence-corrected chi connectivity index (χ2v) is 6.63. The number of rotatable bonds is 4. The van der Waals surface area contributed by atoms with Crippen LogP contribution in [0, 0.1) is 13.8 Å². The number of carbonyl (C=O) groups is 1. The molecule has 2 aromatic carbocycles. The maximum Gasteiger partial charge on any atom is 0.289 e. The minimum absolute atomic E-state index is 0.337. The average Bonchev–Trinajstić information content (AvgIpc) is 3.09. The number of carbonyl (C=O) groups excluding carboxylic acids is 1. The van der Waals surface area contributed by atoms with Crippen LogP contribution in [-0.2, 0) is 0 Å². The number of H-pyrrole nitrogens is 1. The van der Waals surface area contributed by atoms with Crippen LogP contribution in [0.3, 0.4) is 0 Å². The summed E-state index contributed by atoms with van der Waals surface area (Å²) in [6, 6.07) is 15.4. The van der Waals surface area contributed by atoms with Gasteiger partial charge in [-0.3, -0.25) is 9.89 Å². The zero-order chi connectivity index (χ0) is 17.8. The van der Waals surface area contributed by atoms with Crippen molar-refractivity contribution < 1.29 is 4.79 Å². The molecular formula is C19H17BrN4O. The molecule has 2 N–H and O–H groups in total. The smallest absolute Gasteiger partial charge is 0.272 e. The number of amides is 1. The quantitative estimate of drug-likeness (QED) is 0.511. The Hall–Kier alpha value is -2.73. The highest BCUT2D eigenvalue weighted by atomic mass is 79.9. The number of halogens is 1. The number of nitrogens with one attached hydrogen (secondary N) is 2. The van der Waals surface area contributed by atoms with Crippen LogP contribution < -0.4 is 5.43 Å². The lowest BCUT2D eigenvalue weighted by molar-refractivity contribution is 0.0950. The third kappa shape index (κ3) is 4.22. The topological polar surface area (TPSA) is 70.1 Å². The number of nitrogens with zero attached hydrogens (tertiary/aromatic N) is 2. The van der Waals surface area contributed by atoms with Crippen molar-refractivity contribution in [1.82, 2.24) is 15.6 Å². The Morgan fingerprint density at radius 3 is 2.60 bits per heavy atom. The summed E-state index contributed by atoms with van der Waals surface area (Å²) < 4.78 is 0.991. The Kier molecular flexibility index (Phi) is 5.09. The maximum atomic E-state index is 12.2. The number of hydrazone groups is 1. The predicted octanol–water partition coefficient (Wildman–Crippen LogP) is 4.22. The lowest BCUT2D eigenvalue weighted by Gasteiger charge is -2.01. The van der Waals surface area contributed by atoms with E-state index in [1.807, 2.05) is 36.4 Å². The van der Waals surface area contributed by atoms with Gasteiger partial charge in [0.15, 0.2) is 0 Å². The van der Waals surface area contributed by atoms with E-state index in [2.05, 4.69) is 56.6 Å². The molecule has 0 bridgehead atoms. The van der Waals surface area contributed by atoms with Gasteiger partial charge < -0.3 is 0 Å². The van der Waals surface area contributed by atoms with Crippen molar-refractivity contribution >= 4 is 28.1 Å². The fourth-order valence-electron chi connectivity index (χ4n) is 2.26. The van der Waals surface area contributed by atoms with Crippen LogP contribution in [0.2, 0.25) is 0 Å². The molecule has 0 aliphatic carbocycles. The predicted molar refractivity (Wildman–Crippen MR) is 103 cm³/mol. The summed E-state index contributed by atoms with van der Waals surface area (Å²) in [7, 11) is 0. The third-order valence-corrected chi connectivity index (χ3v) is 4.40. The molecule has 0 aliphatic rings. The Morgan fingerprint density at radius 2 is 1.88 bits per heavy atom. The van der Waals surface area contributed by atoms with E-state index in [1.165, 1.54) is 11.1 Å². The monoisotopic (exact) mass is 396 g/mol. The van der Waals surface area contributed by atoms with Crippen molar-refractivity contribution in [2.45, 2.75) is 13.8 Å². The van der Waals surface area contributed by atoms with Crippen LogP contribution >= 0.6 is 15.9 Å². The van der Waals surface area contributed by atoms with Crippen molar-refractivity contribution in [1.29, 1.82) is 0 Å². The SMILES string of the molecule is Cc1ccc(-c2cc(C(=O)N/N=C/c3ccc(Br)cc3)[nH]n2)cc1C. The molecule has 1 amide bonds. The van der Waals surface area contributed by atoms with Gasteiger partial charge in [0, 0.05) is 10.0 Å². The number of aromatic amines is 1. The first kappa shape index (κ1) is 17.1. The molecule has 0 saturated heterocycles. The van der Waals surface area contributed by atoms with Gasteiger partial charge in [0.2, 0.25) is 0 Å². The van der Waals surface area contributed by atoms with E-state index in [0.29, 0.717) is 5.69 Å². The van der Waals surface area contributed by atoms with Crippen LogP contribution in [0.4, 0.5) is 0 Å². The molecule has 0 radical (unpaired) electrons. The van der Waals surface area contributed by atoms with Crippen molar-refractivity contribution in [2.24, 2.45) is 5.10 Å². The van der Waals surface area contributed by atoms with E-state index in [-0.39, 0.29) is 5.91 Å². The Morgan fingerprint density at radius 1 is 1.12 bits per heavy atom. The summed E-state index contributed by atoms with van der Waals surface area (Å²) in [6.45, 7) is 4.11. The van der Waals surface area contributed by atoms with Crippen LogP contribution in [0.5, 0.6) is 0 Å². The minimum atomic E-state index is -0.337. The van der Waals surface area contributed by atoms with Gasteiger partial charge in [-0.05, 0) is 54.8 Å². The summed E-state index contributed by atoms with van der Waals surface area (Å²) in [5.74, 6) is -0.337. The summed E-state index contributed by atoms with van der Waals surface area (Å²) in [6.07, 6.45) is 1.59. The van der Waals surface area contributed by atoms with Crippen LogP contribution in [0.25, 0.3) is 11.3 Å². The first-order valence-electron chi connectivity index (χ1n) is 7.75. The standard InChI is InChI=1S/C19H17BrN4O/c1-12-3-6-15(9-13(12)2)17-10-18(23-22-17)19(25)24-21-11-14-4-7-16(20)8-5-14/h3-11H,1-2H3,(H,22,23)(H,24,25)/b21-11+. The van der Waals surface area contributed by atoms with Gasteiger partial charge in [-0.15, -0.1) is 0 Å².